The van der Waals surface area contributed by atoms with Crippen molar-refractivity contribution >= 4 is 0 Å². The number of ether oxygens (including phenoxy) is 1. The molecule has 1 aliphatic rings. The first-order chi connectivity index (χ1) is 8.52. The van der Waals surface area contributed by atoms with E-state index in [1.807, 2.05) is 0 Å². The molecular formula is C13H14F2N2O. The third-order valence-electron chi connectivity index (χ3n) is 2.76. The van der Waals surface area contributed by atoms with Crippen LogP contribution in [0.25, 0.3) is 0 Å². The molecule has 1 aliphatic carbocycles. The van der Waals surface area contributed by atoms with Crippen LogP contribution in [0.1, 0.15) is 19.8 Å². The van der Waals surface area contributed by atoms with Crippen LogP contribution in [0.3, 0.4) is 0 Å². The Balaban J connectivity index is 1.98. The van der Waals surface area contributed by atoms with Crippen LogP contribution in [0.5, 0.6) is 5.75 Å². The fourth-order valence-corrected chi connectivity index (χ4v) is 1.60. The van der Waals surface area contributed by atoms with Crippen molar-refractivity contribution in [1.82, 2.24) is 5.32 Å². The topological polar surface area (TPSA) is 45.0 Å². The average Bonchev–Trinajstić information content (AvgIpc) is 3.12. The molecule has 0 amide bonds. The van der Waals surface area contributed by atoms with Gasteiger partial charge in [-0.2, -0.15) is 5.26 Å². The minimum Gasteiger partial charge on any atom is -0.487 e. The molecular weight excluding hydrogens is 238 g/mol. The van der Waals surface area contributed by atoms with Gasteiger partial charge < -0.3 is 4.74 Å². The molecule has 0 saturated heterocycles. The molecule has 0 aromatic heterocycles. The Bertz CT molecular complexity index is 482. The normalized spacial score (nSPS) is 17.9. The Morgan fingerprint density at radius 3 is 2.78 bits per heavy atom. The monoisotopic (exact) mass is 252 g/mol. The molecule has 1 saturated carbocycles. The molecule has 96 valence electrons. The lowest BCUT2D eigenvalue weighted by molar-refractivity contribution is 0.224. The molecule has 1 fully saturated rings. The van der Waals surface area contributed by atoms with E-state index in [0.29, 0.717) is 6.04 Å². The second kappa shape index (κ2) is 4.91. The zero-order valence-corrected chi connectivity index (χ0v) is 10.0. The van der Waals surface area contributed by atoms with Crippen LogP contribution < -0.4 is 10.1 Å². The van der Waals surface area contributed by atoms with Gasteiger partial charge in [0.2, 0.25) is 0 Å². The quantitative estimate of drug-likeness (QED) is 0.875. The predicted octanol–water partition coefficient (Wildman–Crippen LogP) is 2.38. The average molecular weight is 252 g/mol. The van der Waals surface area contributed by atoms with Crippen molar-refractivity contribution in [2.24, 2.45) is 0 Å². The summed E-state index contributed by atoms with van der Waals surface area (Å²) in [5, 5.41) is 12.2. The van der Waals surface area contributed by atoms with E-state index in [2.05, 4.69) is 11.4 Å². The molecule has 18 heavy (non-hydrogen) atoms. The van der Waals surface area contributed by atoms with Crippen LogP contribution in [0.4, 0.5) is 8.78 Å². The Morgan fingerprint density at radius 2 is 2.22 bits per heavy atom. The number of benzene rings is 1. The Morgan fingerprint density at radius 1 is 1.50 bits per heavy atom. The first-order valence-corrected chi connectivity index (χ1v) is 5.79. The summed E-state index contributed by atoms with van der Waals surface area (Å²) in [6.45, 7) is 1.72. The van der Waals surface area contributed by atoms with E-state index in [1.165, 1.54) is 6.07 Å². The first kappa shape index (κ1) is 12.8. The molecule has 1 aromatic rings. The number of nitrogens with zero attached hydrogens (tertiary/aromatic N) is 1. The summed E-state index contributed by atoms with van der Waals surface area (Å²) in [7, 11) is 0. The fraction of sp³-hybridized carbons (Fsp3) is 0.462. The smallest absolute Gasteiger partial charge is 0.167 e. The minimum absolute atomic E-state index is 0.0164. The van der Waals surface area contributed by atoms with E-state index in [0.717, 1.165) is 25.0 Å². The number of halogens is 2. The van der Waals surface area contributed by atoms with Crippen molar-refractivity contribution in [3.05, 3.63) is 29.8 Å². The lowest BCUT2D eigenvalue weighted by Gasteiger charge is -2.23. The maximum absolute atomic E-state index is 13.3. The van der Waals surface area contributed by atoms with E-state index in [9.17, 15) is 8.78 Å². The Hall–Kier alpha value is -1.67. The lowest BCUT2D eigenvalue weighted by Crippen LogP contribution is -2.47. The maximum Gasteiger partial charge on any atom is 0.167 e. The summed E-state index contributed by atoms with van der Waals surface area (Å²) in [5.41, 5.74) is -0.859. The largest absolute Gasteiger partial charge is 0.487 e. The molecule has 3 nitrogen and oxygen atoms in total. The van der Waals surface area contributed by atoms with Crippen LogP contribution in [-0.4, -0.2) is 18.2 Å². The molecule has 1 atom stereocenters. The standard InChI is InChI=1S/C13H14F2N2O/c1-13(7-16,17-10-3-4-10)8-18-12-5-2-9(14)6-11(12)15/h2,5-6,10,17H,3-4,8H2,1H3. The van der Waals surface area contributed by atoms with Gasteiger partial charge in [0.1, 0.15) is 18.0 Å². The Kier molecular flexibility index (Phi) is 3.48. The van der Waals surface area contributed by atoms with E-state index < -0.39 is 17.2 Å². The molecule has 5 heteroatoms. The van der Waals surface area contributed by atoms with Crippen molar-refractivity contribution in [3.8, 4) is 11.8 Å². The third-order valence-corrected chi connectivity index (χ3v) is 2.76. The molecule has 0 aliphatic heterocycles. The second-order valence-electron chi connectivity index (χ2n) is 4.73. The maximum atomic E-state index is 13.3. The summed E-state index contributed by atoms with van der Waals surface area (Å²) < 4.78 is 31.3. The molecule has 0 heterocycles. The summed E-state index contributed by atoms with van der Waals surface area (Å²) in [6.07, 6.45) is 2.09. The van der Waals surface area contributed by atoms with Crippen molar-refractivity contribution in [2.45, 2.75) is 31.3 Å². The molecule has 2 rings (SSSR count). The van der Waals surface area contributed by atoms with E-state index in [4.69, 9.17) is 10.00 Å². The van der Waals surface area contributed by atoms with Crippen LogP contribution in [0, 0.1) is 23.0 Å². The SMILES string of the molecule is CC(C#N)(COc1ccc(F)cc1F)NC1CC1. The minimum atomic E-state index is -0.859. The van der Waals surface area contributed by atoms with Gasteiger partial charge in [-0.05, 0) is 31.9 Å². The van der Waals surface area contributed by atoms with Gasteiger partial charge in [0.15, 0.2) is 11.6 Å². The van der Waals surface area contributed by atoms with Crippen LogP contribution in [-0.2, 0) is 0 Å². The predicted molar refractivity (Wildman–Crippen MR) is 62.0 cm³/mol. The molecule has 1 unspecified atom stereocenters. The lowest BCUT2D eigenvalue weighted by atomic mass is 10.1. The van der Waals surface area contributed by atoms with Gasteiger partial charge in [-0.25, -0.2) is 8.78 Å². The number of hydrogen-bond donors (Lipinski definition) is 1. The first-order valence-electron chi connectivity index (χ1n) is 5.79. The van der Waals surface area contributed by atoms with E-state index >= 15 is 0 Å². The van der Waals surface area contributed by atoms with Gasteiger partial charge in [0.05, 0.1) is 6.07 Å². The fourth-order valence-electron chi connectivity index (χ4n) is 1.60. The highest BCUT2D eigenvalue weighted by Gasteiger charge is 2.33. The van der Waals surface area contributed by atoms with Gasteiger partial charge in [-0.15, -0.1) is 0 Å². The van der Waals surface area contributed by atoms with Gasteiger partial charge in [-0.3, -0.25) is 5.32 Å². The highest BCUT2D eigenvalue weighted by Crippen LogP contribution is 2.24. The molecule has 0 spiro atoms. The molecule has 0 bridgehead atoms. The molecule has 1 N–H and O–H groups in total. The Labute approximate surface area is 104 Å². The highest BCUT2D eigenvalue weighted by molar-refractivity contribution is 5.25. The van der Waals surface area contributed by atoms with Gasteiger partial charge in [0, 0.05) is 12.1 Å². The van der Waals surface area contributed by atoms with Crippen LogP contribution >= 0.6 is 0 Å². The van der Waals surface area contributed by atoms with Crippen molar-refractivity contribution in [1.29, 1.82) is 5.26 Å². The number of rotatable bonds is 5. The summed E-state index contributed by atoms with van der Waals surface area (Å²) in [6, 6.07) is 5.56. The molecule has 1 aromatic carbocycles. The second-order valence-corrected chi connectivity index (χ2v) is 4.73. The van der Waals surface area contributed by atoms with Gasteiger partial charge in [0.25, 0.3) is 0 Å². The number of nitrogens with one attached hydrogen (secondary N) is 1. The van der Waals surface area contributed by atoms with Crippen molar-refractivity contribution in [2.75, 3.05) is 6.61 Å². The van der Waals surface area contributed by atoms with Gasteiger partial charge >= 0.3 is 0 Å². The van der Waals surface area contributed by atoms with Crippen molar-refractivity contribution in [3.63, 3.8) is 0 Å². The zero-order chi connectivity index (χ0) is 13.2. The van der Waals surface area contributed by atoms with E-state index in [1.54, 1.807) is 6.92 Å². The number of hydrogen-bond acceptors (Lipinski definition) is 3. The highest BCUT2D eigenvalue weighted by atomic mass is 19.1. The van der Waals surface area contributed by atoms with Crippen LogP contribution in [0.2, 0.25) is 0 Å². The zero-order valence-electron chi connectivity index (χ0n) is 10.0. The third kappa shape index (κ3) is 3.17. The van der Waals surface area contributed by atoms with Gasteiger partial charge in [-0.1, -0.05) is 0 Å². The number of nitriles is 1. The summed E-state index contributed by atoms with van der Waals surface area (Å²) in [5.74, 6) is -1.46. The summed E-state index contributed by atoms with van der Waals surface area (Å²) in [4.78, 5) is 0. The van der Waals surface area contributed by atoms with E-state index in [-0.39, 0.29) is 12.4 Å². The van der Waals surface area contributed by atoms with Crippen LogP contribution in [0.15, 0.2) is 18.2 Å². The van der Waals surface area contributed by atoms with Crippen molar-refractivity contribution < 1.29 is 13.5 Å². The summed E-state index contributed by atoms with van der Waals surface area (Å²) >= 11 is 0. The molecule has 0 radical (unpaired) electrons.